The van der Waals surface area contributed by atoms with Crippen LogP contribution in [0.25, 0.3) is 9.75 Å². The van der Waals surface area contributed by atoms with E-state index < -0.39 is 0 Å². The monoisotopic (exact) mass is 362 g/mol. The van der Waals surface area contributed by atoms with Gasteiger partial charge in [0.25, 0.3) is 0 Å². The Kier molecular flexibility index (Phi) is 2.39. The predicted molar refractivity (Wildman–Crippen MR) is 79.1 cm³/mol. The molecule has 16 heavy (non-hydrogen) atoms. The van der Waals surface area contributed by atoms with Gasteiger partial charge >= 0.3 is 0 Å². The molecule has 0 bridgehead atoms. The van der Waals surface area contributed by atoms with Crippen LogP contribution in [-0.2, 0) is 3.61 Å². The van der Waals surface area contributed by atoms with Crippen molar-refractivity contribution in [3.8, 4) is 15.5 Å². The van der Waals surface area contributed by atoms with E-state index in [1.54, 1.807) is 0 Å². The number of rotatable bonds is 0. The Morgan fingerprint density at radius 3 is 2.50 bits per heavy atom. The highest BCUT2D eigenvalue weighted by Crippen LogP contribution is 2.54. The summed E-state index contributed by atoms with van der Waals surface area (Å²) >= 11 is 6.09. The normalized spacial score (nSPS) is 22.5. The van der Waals surface area contributed by atoms with Crippen molar-refractivity contribution in [2.75, 3.05) is 0 Å². The molecule has 84 valence electrons. The molecule has 2 aromatic heterocycles. The number of fused-ring (bicyclic) bond motifs is 3. The van der Waals surface area contributed by atoms with Gasteiger partial charge in [0.1, 0.15) is 5.75 Å². The zero-order chi connectivity index (χ0) is 11.5. The van der Waals surface area contributed by atoms with Crippen molar-refractivity contribution in [2.24, 2.45) is 0 Å². The lowest BCUT2D eigenvalue weighted by Crippen LogP contribution is -2.23. The molecule has 0 N–H and O–H groups in total. The second-order valence-corrected chi connectivity index (χ2v) is 8.74. The van der Waals surface area contributed by atoms with Crippen molar-refractivity contribution in [3.63, 3.8) is 0 Å². The molecule has 3 heterocycles. The van der Waals surface area contributed by atoms with Crippen LogP contribution in [-0.4, -0.2) is 0 Å². The first-order valence-corrected chi connectivity index (χ1v) is 7.78. The first-order chi connectivity index (χ1) is 7.47. The molecule has 0 fully saturated rings. The molecule has 0 aliphatic carbocycles. The maximum absolute atomic E-state index is 6.08. The summed E-state index contributed by atoms with van der Waals surface area (Å²) in [6, 6.07) is 4.40. The van der Waals surface area contributed by atoms with Gasteiger partial charge in [-0.05, 0) is 55.5 Å². The Morgan fingerprint density at radius 1 is 1.12 bits per heavy atom. The number of alkyl halides is 1. The van der Waals surface area contributed by atoms with Crippen LogP contribution in [0.4, 0.5) is 0 Å². The van der Waals surface area contributed by atoms with Crippen LogP contribution in [0.3, 0.4) is 0 Å². The fraction of sp³-hybridized carbons (Fsp3) is 0.333. The van der Waals surface area contributed by atoms with Gasteiger partial charge in [-0.1, -0.05) is 0 Å². The van der Waals surface area contributed by atoms with Gasteiger partial charge in [0.05, 0.1) is 9.75 Å². The molecule has 1 aliphatic heterocycles. The van der Waals surface area contributed by atoms with Crippen LogP contribution in [0, 0.1) is 13.8 Å². The summed E-state index contributed by atoms with van der Waals surface area (Å²) in [5, 5.41) is 0. The fourth-order valence-electron chi connectivity index (χ4n) is 2.00. The topological polar surface area (TPSA) is 9.23 Å². The van der Waals surface area contributed by atoms with Crippen molar-refractivity contribution in [2.45, 2.75) is 24.4 Å². The zero-order valence-corrected chi connectivity index (χ0v) is 13.0. The highest BCUT2D eigenvalue weighted by molar-refractivity contribution is 14.1. The van der Waals surface area contributed by atoms with E-state index in [-0.39, 0.29) is 3.61 Å². The average molecular weight is 362 g/mol. The zero-order valence-electron chi connectivity index (χ0n) is 9.26. The molecule has 1 unspecified atom stereocenters. The molecular weight excluding hydrogens is 351 g/mol. The minimum Gasteiger partial charge on any atom is -0.471 e. The van der Waals surface area contributed by atoms with E-state index >= 15 is 0 Å². The number of aryl methyl sites for hydroxylation is 2. The molecule has 0 amide bonds. The summed E-state index contributed by atoms with van der Waals surface area (Å²) in [6.07, 6.45) is 0. The van der Waals surface area contributed by atoms with Crippen LogP contribution >= 0.6 is 45.3 Å². The summed E-state index contributed by atoms with van der Waals surface area (Å²) in [5.41, 5.74) is 1.32. The van der Waals surface area contributed by atoms with E-state index in [1.807, 2.05) is 22.7 Å². The van der Waals surface area contributed by atoms with E-state index in [2.05, 4.69) is 55.5 Å². The Balaban J connectivity index is 2.32. The molecule has 3 rings (SSSR count). The quantitative estimate of drug-likeness (QED) is 0.468. The molecule has 1 aliphatic rings. The third-order valence-corrected chi connectivity index (χ3v) is 5.71. The van der Waals surface area contributed by atoms with E-state index in [9.17, 15) is 0 Å². The van der Waals surface area contributed by atoms with Gasteiger partial charge in [0.2, 0.25) is 0 Å². The average Bonchev–Trinajstić information content (AvgIpc) is 2.68. The van der Waals surface area contributed by atoms with Crippen LogP contribution < -0.4 is 4.74 Å². The maximum Gasteiger partial charge on any atom is 0.183 e. The van der Waals surface area contributed by atoms with Gasteiger partial charge in [0.15, 0.2) is 3.61 Å². The minimum absolute atomic E-state index is 0.224. The third kappa shape index (κ3) is 1.54. The van der Waals surface area contributed by atoms with Gasteiger partial charge in [0, 0.05) is 15.3 Å². The third-order valence-electron chi connectivity index (χ3n) is 2.67. The molecule has 0 aromatic carbocycles. The Hall–Kier alpha value is -0.0700. The second kappa shape index (κ2) is 3.46. The van der Waals surface area contributed by atoms with Gasteiger partial charge in [-0.25, -0.2) is 0 Å². The van der Waals surface area contributed by atoms with E-state index in [4.69, 9.17) is 4.74 Å². The molecule has 0 radical (unpaired) electrons. The fourth-order valence-corrected chi connectivity index (χ4v) is 5.04. The van der Waals surface area contributed by atoms with Gasteiger partial charge < -0.3 is 4.74 Å². The highest BCUT2D eigenvalue weighted by Gasteiger charge is 2.36. The molecule has 0 saturated heterocycles. The van der Waals surface area contributed by atoms with Crippen LogP contribution in [0.5, 0.6) is 5.75 Å². The molecule has 1 nitrogen and oxygen atoms in total. The van der Waals surface area contributed by atoms with Crippen LogP contribution in [0.2, 0.25) is 0 Å². The first-order valence-electron chi connectivity index (χ1n) is 5.07. The molecule has 0 saturated carbocycles. The second-order valence-electron chi connectivity index (χ2n) is 4.17. The van der Waals surface area contributed by atoms with Crippen molar-refractivity contribution in [1.29, 1.82) is 0 Å². The minimum atomic E-state index is -0.224. The van der Waals surface area contributed by atoms with E-state index in [1.165, 1.54) is 25.1 Å². The lowest BCUT2D eigenvalue weighted by Gasteiger charge is -2.29. The SMILES string of the molecule is Cc1cc2c(s1)-c1sc(C)cc1C(C)(I)O2. The van der Waals surface area contributed by atoms with Gasteiger partial charge in [-0.2, -0.15) is 0 Å². The number of hydrogen-bond acceptors (Lipinski definition) is 3. The molecule has 1 atom stereocenters. The lowest BCUT2D eigenvalue weighted by molar-refractivity contribution is 0.205. The molecular formula is C12H11IOS2. The van der Waals surface area contributed by atoms with Gasteiger partial charge in [-0.3, -0.25) is 0 Å². The van der Waals surface area contributed by atoms with Crippen LogP contribution in [0.1, 0.15) is 22.2 Å². The maximum atomic E-state index is 6.08. The highest BCUT2D eigenvalue weighted by atomic mass is 127. The predicted octanol–water partition coefficient (Wildman–Crippen LogP) is 5.09. The summed E-state index contributed by atoms with van der Waals surface area (Å²) in [7, 11) is 0. The van der Waals surface area contributed by atoms with Crippen LogP contribution in [0.15, 0.2) is 12.1 Å². The van der Waals surface area contributed by atoms with E-state index in [0.29, 0.717) is 0 Å². The smallest absolute Gasteiger partial charge is 0.183 e. The molecule has 2 aromatic rings. The number of thiophene rings is 2. The number of ether oxygens (including phenoxy) is 1. The summed E-state index contributed by atoms with van der Waals surface area (Å²) in [5.74, 6) is 1.05. The number of hydrogen-bond donors (Lipinski definition) is 0. The van der Waals surface area contributed by atoms with Gasteiger partial charge in [-0.15, -0.1) is 22.7 Å². The van der Waals surface area contributed by atoms with Crippen molar-refractivity contribution in [3.05, 3.63) is 27.5 Å². The largest absolute Gasteiger partial charge is 0.471 e. The molecule has 4 heteroatoms. The van der Waals surface area contributed by atoms with Crippen molar-refractivity contribution in [1.82, 2.24) is 0 Å². The first kappa shape index (κ1) is 11.0. The Bertz CT molecular complexity index is 566. The Morgan fingerprint density at radius 2 is 1.75 bits per heavy atom. The summed E-state index contributed by atoms with van der Waals surface area (Å²) in [4.78, 5) is 5.37. The lowest BCUT2D eigenvalue weighted by atomic mass is 10.1. The standard InChI is InChI=1S/C12H11IOS2/c1-6-4-8-10(15-6)11-9(5-7(2)16-11)14-12(8,3)13/h4-5H,1-3H3. The van der Waals surface area contributed by atoms with Crippen molar-refractivity contribution < 1.29 is 4.74 Å². The number of halogens is 1. The van der Waals surface area contributed by atoms with Crippen molar-refractivity contribution >= 4 is 45.3 Å². The summed E-state index contributed by atoms with van der Waals surface area (Å²) < 4.78 is 5.86. The molecule has 0 spiro atoms. The van der Waals surface area contributed by atoms with E-state index in [0.717, 1.165) is 5.75 Å². The Labute approximate surface area is 117 Å². The summed E-state index contributed by atoms with van der Waals surface area (Å²) in [6.45, 7) is 6.43.